The zero-order valence-electron chi connectivity index (χ0n) is 37.2. The van der Waals surface area contributed by atoms with E-state index in [4.69, 9.17) is 19.4 Å². The van der Waals surface area contributed by atoms with E-state index >= 15 is 0 Å². The van der Waals surface area contributed by atoms with Crippen molar-refractivity contribution in [1.29, 1.82) is 0 Å². The minimum atomic E-state index is 0.521. The lowest BCUT2D eigenvalue weighted by molar-refractivity contribution is 0.669. The average molecular weight is 882 g/mol. The number of nitrogens with zero attached hydrogens (tertiary/aromatic N) is 5. The Labute approximate surface area is 396 Å². The van der Waals surface area contributed by atoms with Crippen molar-refractivity contribution < 1.29 is 4.42 Å². The molecule has 0 aliphatic rings. The third kappa shape index (κ3) is 6.23. The standard InChI is InChI=1S/C63H39N5O/c1-4-18-40(19-5-1)43-24-14-26-45(38-43)47-30-16-34-55-57(47)58-52(31-17-35-56(58)69-55)62-64-61(42-22-8-3-9-23-42)65-63(66-62)68-54-33-13-11-29-49(54)51-37-36-50-48-28-10-12-32-53(48)67(59(50)60(51)68)46-27-15-25-44(39-46)41-20-6-2-7-21-41/h1-39H. The van der Waals surface area contributed by atoms with E-state index in [0.717, 1.165) is 99.2 Å². The lowest BCUT2D eigenvalue weighted by Gasteiger charge is -2.14. The average Bonchev–Trinajstić information content (AvgIpc) is 4.10. The monoisotopic (exact) mass is 881 g/mol. The quantitative estimate of drug-likeness (QED) is 0.160. The summed E-state index contributed by atoms with van der Waals surface area (Å²) < 4.78 is 11.4. The minimum absolute atomic E-state index is 0.521. The van der Waals surface area contributed by atoms with Crippen LogP contribution in [-0.2, 0) is 0 Å². The van der Waals surface area contributed by atoms with Crippen molar-refractivity contribution in [3.05, 3.63) is 237 Å². The fourth-order valence-corrected chi connectivity index (χ4v) is 10.5. The molecule has 6 nitrogen and oxygen atoms in total. The maximum Gasteiger partial charge on any atom is 0.238 e. The molecule has 69 heavy (non-hydrogen) atoms. The molecule has 4 heterocycles. The molecule has 0 radical (unpaired) electrons. The molecule has 0 aliphatic carbocycles. The van der Waals surface area contributed by atoms with Crippen molar-refractivity contribution in [2.75, 3.05) is 0 Å². The summed E-state index contributed by atoms with van der Waals surface area (Å²) in [6.45, 7) is 0. The van der Waals surface area contributed by atoms with Crippen LogP contribution in [0.3, 0.4) is 0 Å². The molecule has 6 heteroatoms. The Kier molecular flexibility index (Phi) is 8.79. The molecule has 0 aliphatic heterocycles. The van der Waals surface area contributed by atoms with Crippen LogP contribution < -0.4 is 0 Å². The van der Waals surface area contributed by atoms with Gasteiger partial charge in [-0.05, 0) is 75.8 Å². The lowest BCUT2D eigenvalue weighted by atomic mass is 9.94. The molecule has 14 rings (SSSR count). The smallest absolute Gasteiger partial charge is 0.238 e. The van der Waals surface area contributed by atoms with Crippen LogP contribution in [0.25, 0.3) is 133 Å². The highest BCUT2D eigenvalue weighted by molar-refractivity contribution is 6.24. The Morgan fingerprint density at radius 2 is 0.783 bits per heavy atom. The first-order valence-corrected chi connectivity index (χ1v) is 23.3. The summed E-state index contributed by atoms with van der Waals surface area (Å²) in [5, 5.41) is 6.49. The molecule has 322 valence electrons. The summed E-state index contributed by atoms with van der Waals surface area (Å²) in [4.78, 5) is 16.4. The Balaban J connectivity index is 1.07. The molecule has 14 aromatic rings. The number of furan rings is 1. The van der Waals surface area contributed by atoms with Crippen molar-refractivity contribution >= 4 is 65.6 Å². The largest absolute Gasteiger partial charge is 0.456 e. The molecule has 0 N–H and O–H groups in total. The number of hydrogen-bond donors (Lipinski definition) is 0. The van der Waals surface area contributed by atoms with Gasteiger partial charge in [0.15, 0.2) is 11.6 Å². The summed E-state index contributed by atoms with van der Waals surface area (Å²) in [6.07, 6.45) is 0. The fraction of sp³-hybridized carbons (Fsp3) is 0. The van der Waals surface area contributed by atoms with Gasteiger partial charge in [-0.3, -0.25) is 4.57 Å². The number of aromatic nitrogens is 5. The second kappa shape index (κ2) is 15.6. The van der Waals surface area contributed by atoms with Crippen LogP contribution in [0.2, 0.25) is 0 Å². The molecule has 0 unspecified atom stereocenters. The molecule has 0 saturated carbocycles. The predicted octanol–water partition coefficient (Wildman–Crippen LogP) is 16.3. The van der Waals surface area contributed by atoms with E-state index in [1.54, 1.807) is 0 Å². The highest BCUT2D eigenvalue weighted by Gasteiger charge is 2.25. The van der Waals surface area contributed by atoms with E-state index in [1.165, 1.54) is 16.5 Å². The van der Waals surface area contributed by atoms with E-state index in [9.17, 15) is 0 Å². The van der Waals surface area contributed by atoms with Crippen LogP contribution in [0.4, 0.5) is 0 Å². The Morgan fingerprint density at radius 1 is 0.304 bits per heavy atom. The maximum absolute atomic E-state index is 6.71. The van der Waals surface area contributed by atoms with Gasteiger partial charge >= 0.3 is 0 Å². The molecule has 0 bridgehead atoms. The Morgan fingerprint density at radius 3 is 1.45 bits per heavy atom. The molecule has 0 saturated heterocycles. The molecule has 0 atom stereocenters. The molecular formula is C63H39N5O. The molecule has 0 amide bonds. The maximum atomic E-state index is 6.71. The van der Waals surface area contributed by atoms with Gasteiger partial charge < -0.3 is 8.98 Å². The van der Waals surface area contributed by atoms with Gasteiger partial charge in [-0.15, -0.1) is 0 Å². The number of benzene rings is 10. The second-order valence-electron chi connectivity index (χ2n) is 17.5. The number of hydrogen-bond acceptors (Lipinski definition) is 4. The summed E-state index contributed by atoms with van der Waals surface area (Å²) >= 11 is 0. The second-order valence-corrected chi connectivity index (χ2v) is 17.5. The number of para-hydroxylation sites is 2. The van der Waals surface area contributed by atoms with Gasteiger partial charge in [0.2, 0.25) is 5.95 Å². The van der Waals surface area contributed by atoms with Crippen LogP contribution in [-0.4, -0.2) is 24.1 Å². The van der Waals surface area contributed by atoms with E-state index in [1.807, 2.05) is 30.3 Å². The van der Waals surface area contributed by atoms with Gasteiger partial charge in [0.25, 0.3) is 0 Å². The van der Waals surface area contributed by atoms with E-state index in [0.29, 0.717) is 17.6 Å². The SMILES string of the molecule is c1ccc(-c2cccc(-c3cccc4oc5cccc(-c6nc(-c7ccccc7)nc(-n7c8ccccc8c8ccc9c%10ccccc%10n(-c%10cccc(-c%11ccccc%11)c%10)c9c87)n6)c5c34)c2)cc1. The van der Waals surface area contributed by atoms with Crippen LogP contribution in [0.15, 0.2) is 241 Å². The van der Waals surface area contributed by atoms with Crippen molar-refractivity contribution in [3.8, 4) is 67.8 Å². The summed E-state index contributed by atoms with van der Waals surface area (Å²) in [7, 11) is 0. The zero-order chi connectivity index (χ0) is 45.4. The van der Waals surface area contributed by atoms with Crippen LogP contribution in [0.5, 0.6) is 0 Å². The first-order valence-electron chi connectivity index (χ1n) is 23.3. The predicted molar refractivity (Wildman–Crippen MR) is 283 cm³/mol. The van der Waals surface area contributed by atoms with Crippen LogP contribution >= 0.6 is 0 Å². The highest BCUT2D eigenvalue weighted by atomic mass is 16.3. The van der Waals surface area contributed by atoms with Gasteiger partial charge in [-0.25, -0.2) is 4.98 Å². The van der Waals surface area contributed by atoms with E-state index < -0.39 is 0 Å². The molecule has 4 aromatic heterocycles. The van der Waals surface area contributed by atoms with Gasteiger partial charge in [0, 0.05) is 49.1 Å². The molecule has 0 fully saturated rings. The highest BCUT2D eigenvalue weighted by Crippen LogP contribution is 2.44. The van der Waals surface area contributed by atoms with Crippen molar-refractivity contribution in [1.82, 2.24) is 24.1 Å². The minimum Gasteiger partial charge on any atom is -0.456 e. The normalized spacial score (nSPS) is 11.8. The van der Waals surface area contributed by atoms with Crippen molar-refractivity contribution in [3.63, 3.8) is 0 Å². The van der Waals surface area contributed by atoms with Crippen molar-refractivity contribution in [2.45, 2.75) is 0 Å². The topological polar surface area (TPSA) is 61.7 Å². The summed E-state index contributed by atoms with van der Waals surface area (Å²) in [6, 6.07) is 83.2. The molecule has 10 aromatic carbocycles. The summed E-state index contributed by atoms with van der Waals surface area (Å²) in [5.74, 6) is 1.65. The van der Waals surface area contributed by atoms with E-state index in [2.05, 4.69) is 215 Å². The third-order valence-electron chi connectivity index (χ3n) is 13.6. The van der Waals surface area contributed by atoms with Crippen molar-refractivity contribution in [2.24, 2.45) is 0 Å². The Hall–Kier alpha value is -9.39. The van der Waals surface area contributed by atoms with Gasteiger partial charge in [-0.1, -0.05) is 194 Å². The summed E-state index contributed by atoms with van der Waals surface area (Å²) in [5.41, 5.74) is 15.4. The third-order valence-corrected chi connectivity index (χ3v) is 13.6. The first-order chi connectivity index (χ1) is 34.2. The zero-order valence-corrected chi connectivity index (χ0v) is 37.2. The van der Waals surface area contributed by atoms with Crippen LogP contribution in [0, 0.1) is 0 Å². The van der Waals surface area contributed by atoms with E-state index in [-0.39, 0.29) is 0 Å². The van der Waals surface area contributed by atoms with Gasteiger partial charge in [-0.2, -0.15) is 9.97 Å². The van der Waals surface area contributed by atoms with Gasteiger partial charge in [0.1, 0.15) is 11.2 Å². The first kappa shape index (κ1) is 38.8. The Bertz CT molecular complexity index is 4300. The number of rotatable bonds is 7. The van der Waals surface area contributed by atoms with Crippen LogP contribution in [0.1, 0.15) is 0 Å². The fourth-order valence-electron chi connectivity index (χ4n) is 10.5. The number of fused-ring (bicyclic) bond motifs is 10. The molecule has 0 spiro atoms. The lowest BCUT2D eigenvalue weighted by Crippen LogP contribution is -2.07. The molecular weight excluding hydrogens is 843 g/mol. The van der Waals surface area contributed by atoms with Gasteiger partial charge in [0.05, 0.1) is 22.1 Å².